The fraction of sp³-hybridized carbons (Fsp3) is 0.588. The van der Waals surface area contributed by atoms with Gasteiger partial charge in [-0.25, -0.2) is 4.79 Å². The highest BCUT2D eigenvalue weighted by molar-refractivity contribution is 5.75. The van der Waals surface area contributed by atoms with E-state index in [4.69, 9.17) is 9.47 Å². The van der Waals surface area contributed by atoms with Crippen molar-refractivity contribution in [3.05, 3.63) is 29.8 Å². The number of morpholine rings is 1. The first-order valence-electron chi connectivity index (χ1n) is 8.07. The molecule has 3 atom stereocenters. The zero-order chi connectivity index (χ0) is 15.5. The maximum atomic E-state index is 12.6. The Kier molecular flexibility index (Phi) is 4.52. The normalized spacial score (nSPS) is 25.3. The molecule has 1 aromatic rings. The molecule has 1 saturated heterocycles. The van der Waals surface area contributed by atoms with Crippen LogP contribution in [0.3, 0.4) is 0 Å². The van der Waals surface area contributed by atoms with E-state index in [0.717, 1.165) is 12.2 Å². The third-order valence-electron chi connectivity index (χ3n) is 4.65. The fourth-order valence-corrected chi connectivity index (χ4v) is 3.24. The molecule has 0 aromatic heterocycles. The Morgan fingerprint density at radius 1 is 1.41 bits per heavy atom. The molecular formula is C17H24N2O3. The number of carbonyl (C=O) groups is 1. The fourth-order valence-electron chi connectivity index (χ4n) is 3.24. The predicted molar refractivity (Wildman–Crippen MR) is 84.3 cm³/mol. The van der Waals surface area contributed by atoms with Crippen molar-refractivity contribution in [2.24, 2.45) is 0 Å². The number of benzene rings is 1. The Morgan fingerprint density at radius 3 is 3.05 bits per heavy atom. The number of rotatable bonds is 3. The zero-order valence-electron chi connectivity index (χ0n) is 13.2. The van der Waals surface area contributed by atoms with Crippen molar-refractivity contribution in [3.8, 4) is 5.75 Å². The number of hydrogen-bond acceptors (Lipinski definition) is 3. The van der Waals surface area contributed by atoms with Crippen LogP contribution in [0.4, 0.5) is 4.79 Å². The second-order valence-electron chi connectivity index (χ2n) is 6.02. The number of nitrogens with one attached hydrogen (secondary N) is 1. The van der Waals surface area contributed by atoms with Gasteiger partial charge in [-0.15, -0.1) is 0 Å². The molecule has 1 aromatic carbocycles. The molecule has 2 amide bonds. The van der Waals surface area contributed by atoms with E-state index in [0.29, 0.717) is 26.4 Å². The molecule has 0 aliphatic carbocycles. The van der Waals surface area contributed by atoms with Gasteiger partial charge in [-0.2, -0.15) is 0 Å². The van der Waals surface area contributed by atoms with Crippen LogP contribution in [0.2, 0.25) is 0 Å². The van der Waals surface area contributed by atoms with Crippen molar-refractivity contribution >= 4 is 6.03 Å². The molecule has 0 radical (unpaired) electrons. The second kappa shape index (κ2) is 6.57. The molecule has 120 valence electrons. The summed E-state index contributed by atoms with van der Waals surface area (Å²) in [4.78, 5) is 14.5. The van der Waals surface area contributed by atoms with Crippen LogP contribution in [0.5, 0.6) is 5.75 Å². The summed E-state index contributed by atoms with van der Waals surface area (Å²) in [7, 11) is 0. The van der Waals surface area contributed by atoms with E-state index in [2.05, 4.69) is 25.2 Å². The molecule has 0 spiro atoms. The lowest BCUT2D eigenvalue weighted by molar-refractivity contribution is 0.0106. The molecular weight excluding hydrogens is 280 g/mol. The van der Waals surface area contributed by atoms with Gasteiger partial charge in [0, 0.05) is 24.1 Å². The molecule has 2 heterocycles. The summed E-state index contributed by atoms with van der Waals surface area (Å²) < 4.78 is 11.2. The molecule has 1 N–H and O–H groups in total. The van der Waals surface area contributed by atoms with E-state index < -0.39 is 0 Å². The van der Waals surface area contributed by atoms with Crippen molar-refractivity contribution in [3.63, 3.8) is 0 Å². The second-order valence-corrected chi connectivity index (χ2v) is 6.02. The number of para-hydroxylation sites is 1. The van der Waals surface area contributed by atoms with E-state index in [1.54, 1.807) is 0 Å². The Labute approximate surface area is 131 Å². The Bertz CT molecular complexity index is 534. The van der Waals surface area contributed by atoms with E-state index >= 15 is 0 Å². The number of fused-ring (bicyclic) bond motifs is 1. The molecule has 5 nitrogen and oxygen atoms in total. The summed E-state index contributed by atoms with van der Waals surface area (Å²) in [6.45, 7) is 6.68. The summed E-state index contributed by atoms with van der Waals surface area (Å²) in [6, 6.07) is 8.28. The van der Waals surface area contributed by atoms with Gasteiger partial charge in [0.1, 0.15) is 5.75 Å². The molecule has 2 aliphatic heterocycles. The van der Waals surface area contributed by atoms with Crippen LogP contribution < -0.4 is 10.1 Å². The van der Waals surface area contributed by atoms with E-state index in [1.807, 2.05) is 23.1 Å². The first kappa shape index (κ1) is 15.2. The molecule has 3 rings (SSSR count). The topological polar surface area (TPSA) is 50.8 Å². The number of amides is 2. The first-order valence-corrected chi connectivity index (χ1v) is 8.07. The molecule has 0 bridgehead atoms. The van der Waals surface area contributed by atoms with Crippen LogP contribution in [0.25, 0.3) is 0 Å². The summed E-state index contributed by atoms with van der Waals surface area (Å²) in [5.74, 6) is 1.15. The minimum Gasteiger partial charge on any atom is -0.493 e. The highest BCUT2D eigenvalue weighted by Gasteiger charge is 2.32. The summed E-state index contributed by atoms with van der Waals surface area (Å²) in [5, 5.41) is 3.15. The van der Waals surface area contributed by atoms with Crippen LogP contribution in [0.15, 0.2) is 24.3 Å². The van der Waals surface area contributed by atoms with Gasteiger partial charge >= 0.3 is 6.03 Å². The van der Waals surface area contributed by atoms with E-state index in [1.165, 1.54) is 5.56 Å². The Morgan fingerprint density at radius 2 is 2.23 bits per heavy atom. The SMILES string of the molecule is CC[C@@H]1COCCN1C(=O)N[C@H](C)[C@@H]1COc2ccccc21. The van der Waals surface area contributed by atoms with Crippen LogP contribution in [0, 0.1) is 0 Å². The van der Waals surface area contributed by atoms with Crippen LogP contribution in [-0.4, -0.2) is 49.4 Å². The minimum atomic E-state index is 0.00651. The standard InChI is InChI=1S/C17H24N2O3/c1-3-13-10-21-9-8-19(13)17(20)18-12(2)15-11-22-16-7-5-4-6-14(15)16/h4-7,12-13,15H,3,8-11H2,1-2H3,(H,18,20)/t12-,13-,15+/m1/s1. The number of nitrogens with zero attached hydrogens (tertiary/aromatic N) is 1. The van der Waals surface area contributed by atoms with Gasteiger partial charge in [-0.3, -0.25) is 0 Å². The van der Waals surface area contributed by atoms with Crippen molar-refractivity contribution < 1.29 is 14.3 Å². The third-order valence-corrected chi connectivity index (χ3v) is 4.65. The molecule has 0 unspecified atom stereocenters. The van der Waals surface area contributed by atoms with Crippen LogP contribution in [-0.2, 0) is 4.74 Å². The smallest absolute Gasteiger partial charge is 0.318 e. The maximum absolute atomic E-state index is 12.6. The van der Waals surface area contributed by atoms with Crippen molar-refractivity contribution in [1.29, 1.82) is 0 Å². The monoisotopic (exact) mass is 304 g/mol. The quantitative estimate of drug-likeness (QED) is 0.933. The van der Waals surface area contributed by atoms with Crippen molar-refractivity contribution in [2.75, 3.05) is 26.4 Å². The lowest BCUT2D eigenvalue weighted by Crippen LogP contribution is -2.54. The lowest BCUT2D eigenvalue weighted by Gasteiger charge is -2.36. The molecule has 2 aliphatic rings. The van der Waals surface area contributed by atoms with Crippen LogP contribution >= 0.6 is 0 Å². The lowest BCUT2D eigenvalue weighted by atomic mass is 9.94. The van der Waals surface area contributed by atoms with Gasteiger partial charge < -0.3 is 19.7 Å². The largest absolute Gasteiger partial charge is 0.493 e. The molecule has 22 heavy (non-hydrogen) atoms. The highest BCUT2D eigenvalue weighted by Crippen LogP contribution is 2.35. The van der Waals surface area contributed by atoms with Gasteiger partial charge in [0.15, 0.2) is 0 Å². The number of hydrogen-bond donors (Lipinski definition) is 1. The van der Waals surface area contributed by atoms with Gasteiger partial charge in [-0.05, 0) is 19.4 Å². The summed E-state index contributed by atoms with van der Waals surface area (Å²) >= 11 is 0. The van der Waals surface area contributed by atoms with E-state index in [9.17, 15) is 4.79 Å². The zero-order valence-corrected chi connectivity index (χ0v) is 13.2. The number of carbonyl (C=O) groups excluding carboxylic acids is 1. The predicted octanol–water partition coefficient (Wildman–Crippen LogP) is 2.37. The van der Waals surface area contributed by atoms with Gasteiger partial charge in [0.05, 0.1) is 25.9 Å². The Balaban J connectivity index is 1.64. The summed E-state index contributed by atoms with van der Waals surface area (Å²) in [6.07, 6.45) is 0.914. The van der Waals surface area contributed by atoms with Gasteiger partial charge in [-0.1, -0.05) is 25.1 Å². The minimum absolute atomic E-state index is 0.00651. The first-order chi connectivity index (χ1) is 10.7. The Hall–Kier alpha value is -1.75. The van der Waals surface area contributed by atoms with Crippen molar-refractivity contribution in [1.82, 2.24) is 10.2 Å². The maximum Gasteiger partial charge on any atom is 0.318 e. The molecule has 0 saturated carbocycles. The van der Waals surface area contributed by atoms with Crippen molar-refractivity contribution in [2.45, 2.75) is 38.3 Å². The summed E-state index contributed by atoms with van der Waals surface area (Å²) in [5.41, 5.74) is 1.18. The number of ether oxygens (including phenoxy) is 2. The highest BCUT2D eigenvalue weighted by atomic mass is 16.5. The average molecular weight is 304 g/mol. The molecule has 5 heteroatoms. The van der Waals surface area contributed by atoms with Gasteiger partial charge in [0.2, 0.25) is 0 Å². The molecule has 1 fully saturated rings. The van der Waals surface area contributed by atoms with Gasteiger partial charge in [0.25, 0.3) is 0 Å². The third kappa shape index (κ3) is 2.90. The van der Waals surface area contributed by atoms with E-state index in [-0.39, 0.29) is 24.0 Å². The number of urea groups is 1. The average Bonchev–Trinajstić information content (AvgIpc) is 2.98. The van der Waals surface area contributed by atoms with Crippen LogP contribution in [0.1, 0.15) is 31.7 Å².